The Morgan fingerprint density at radius 1 is 1.65 bits per heavy atom. The third-order valence-corrected chi connectivity index (χ3v) is 4.16. The molecule has 0 aliphatic carbocycles. The van der Waals surface area contributed by atoms with Crippen LogP contribution in [0.15, 0.2) is 10.6 Å². The fraction of sp³-hybridized carbons (Fsp3) is 0.700. The molecule has 1 aliphatic rings. The van der Waals surface area contributed by atoms with Gasteiger partial charge in [-0.3, -0.25) is 0 Å². The highest BCUT2D eigenvalue weighted by atomic mass is 32.2. The number of aromatic nitrogens is 1. The first kappa shape index (κ1) is 12.5. The lowest BCUT2D eigenvalue weighted by molar-refractivity contribution is 0.390. The summed E-state index contributed by atoms with van der Waals surface area (Å²) in [4.78, 5) is 0. The van der Waals surface area contributed by atoms with Gasteiger partial charge in [-0.05, 0) is 26.3 Å². The topological polar surface area (TPSA) is 84.2 Å². The summed E-state index contributed by atoms with van der Waals surface area (Å²) in [5.74, 6) is 0.806. The summed E-state index contributed by atoms with van der Waals surface area (Å²) < 4.78 is 30.9. The van der Waals surface area contributed by atoms with Gasteiger partial charge in [0.15, 0.2) is 0 Å². The summed E-state index contributed by atoms with van der Waals surface area (Å²) in [6.07, 6.45) is 1.96. The average Bonchev–Trinajstić information content (AvgIpc) is 2.86. The molecule has 96 valence electrons. The first-order valence-electron chi connectivity index (χ1n) is 5.68. The summed E-state index contributed by atoms with van der Waals surface area (Å²) in [7, 11) is -3.25. The molecule has 1 aromatic rings. The van der Waals surface area contributed by atoms with E-state index in [1.165, 1.54) is 0 Å². The molecule has 6 nitrogen and oxygen atoms in total. The monoisotopic (exact) mass is 259 g/mol. The van der Waals surface area contributed by atoms with E-state index in [-0.39, 0.29) is 18.3 Å². The van der Waals surface area contributed by atoms with E-state index in [0.29, 0.717) is 11.5 Å². The zero-order valence-corrected chi connectivity index (χ0v) is 10.6. The molecular formula is C10H17N3O3S. The van der Waals surface area contributed by atoms with Gasteiger partial charge < -0.3 is 9.84 Å². The van der Waals surface area contributed by atoms with Crippen molar-refractivity contribution in [1.29, 1.82) is 0 Å². The predicted molar refractivity (Wildman–Crippen MR) is 62.9 cm³/mol. The second-order valence-corrected chi connectivity index (χ2v) is 6.18. The quantitative estimate of drug-likeness (QED) is 0.786. The van der Waals surface area contributed by atoms with Crippen LogP contribution in [0.1, 0.15) is 24.3 Å². The first-order chi connectivity index (χ1) is 8.05. The lowest BCUT2D eigenvalue weighted by Gasteiger charge is -2.10. The molecule has 2 heterocycles. The molecule has 1 unspecified atom stereocenters. The van der Waals surface area contributed by atoms with Crippen LogP contribution in [0.3, 0.4) is 0 Å². The first-order valence-corrected chi connectivity index (χ1v) is 7.33. The van der Waals surface area contributed by atoms with E-state index in [2.05, 4.69) is 15.2 Å². The van der Waals surface area contributed by atoms with Gasteiger partial charge in [0.25, 0.3) is 0 Å². The summed E-state index contributed by atoms with van der Waals surface area (Å²) >= 11 is 0. The predicted octanol–water partition coefficient (Wildman–Crippen LogP) is 0.154. The third-order valence-electron chi connectivity index (χ3n) is 2.73. The van der Waals surface area contributed by atoms with Crippen LogP contribution in [0.5, 0.6) is 0 Å². The molecular weight excluding hydrogens is 242 g/mol. The molecule has 0 saturated carbocycles. The lowest BCUT2D eigenvalue weighted by atomic mass is 10.3. The Kier molecular flexibility index (Phi) is 3.80. The van der Waals surface area contributed by atoms with E-state index in [9.17, 15) is 8.42 Å². The molecule has 0 bridgehead atoms. The smallest absolute Gasteiger partial charge is 0.213 e. The van der Waals surface area contributed by atoms with E-state index in [4.69, 9.17) is 4.52 Å². The molecule has 0 spiro atoms. The fourth-order valence-corrected chi connectivity index (χ4v) is 3.21. The van der Waals surface area contributed by atoms with Gasteiger partial charge in [0.05, 0.1) is 18.0 Å². The molecule has 0 aromatic carbocycles. The van der Waals surface area contributed by atoms with Crippen molar-refractivity contribution in [3.05, 3.63) is 17.5 Å². The summed E-state index contributed by atoms with van der Waals surface area (Å²) in [5, 5.41) is 6.89. The van der Waals surface area contributed by atoms with Crippen LogP contribution >= 0.6 is 0 Å². The summed E-state index contributed by atoms with van der Waals surface area (Å²) in [5.41, 5.74) is 0.602. The maximum absolute atomic E-state index is 11.8. The number of hydrogen-bond acceptors (Lipinski definition) is 5. The van der Waals surface area contributed by atoms with Crippen LogP contribution in [0.4, 0.5) is 0 Å². The lowest BCUT2D eigenvalue weighted by Crippen LogP contribution is -2.36. The molecule has 1 saturated heterocycles. The fourth-order valence-electron chi connectivity index (χ4n) is 1.91. The number of hydrogen-bond donors (Lipinski definition) is 2. The Balaban J connectivity index is 1.84. The van der Waals surface area contributed by atoms with Crippen LogP contribution in [0.2, 0.25) is 0 Å². The van der Waals surface area contributed by atoms with Crippen LogP contribution < -0.4 is 10.0 Å². The van der Waals surface area contributed by atoms with Gasteiger partial charge in [0.1, 0.15) is 5.76 Å². The normalized spacial score (nSPS) is 20.9. The van der Waals surface area contributed by atoms with Gasteiger partial charge in [-0.2, -0.15) is 0 Å². The summed E-state index contributed by atoms with van der Waals surface area (Å²) in [6, 6.07) is 1.79. The molecule has 7 heteroatoms. The van der Waals surface area contributed by atoms with Crippen molar-refractivity contribution >= 4 is 10.0 Å². The second-order valence-electron chi connectivity index (χ2n) is 4.32. The van der Waals surface area contributed by atoms with Crippen molar-refractivity contribution in [2.75, 3.05) is 12.3 Å². The van der Waals surface area contributed by atoms with Gasteiger partial charge in [-0.25, -0.2) is 13.1 Å². The molecule has 2 rings (SSSR count). The zero-order valence-electron chi connectivity index (χ0n) is 9.77. The van der Waals surface area contributed by atoms with Crippen molar-refractivity contribution in [1.82, 2.24) is 15.2 Å². The average molecular weight is 259 g/mol. The van der Waals surface area contributed by atoms with Crippen molar-refractivity contribution < 1.29 is 12.9 Å². The number of nitrogens with zero attached hydrogens (tertiary/aromatic N) is 1. The Morgan fingerprint density at radius 2 is 2.47 bits per heavy atom. The zero-order chi connectivity index (χ0) is 12.3. The van der Waals surface area contributed by atoms with E-state index in [0.717, 1.165) is 19.4 Å². The van der Waals surface area contributed by atoms with Crippen LogP contribution in [-0.4, -0.2) is 31.9 Å². The number of sulfonamides is 1. The van der Waals surface area contributed by atoms with Gasteiger partial charge in [0, 0.05) is 12.1 Å². The molecule has 1 fully saturated rings. The third kappa shape index (κ3) is 3.79. The summed E-state index contributed by atoms with van der Waals surface area (Å²) in [6.45, 7) is 2.86. The molecule has 2 N–H and O–H groups in total. The van der Waals surface area contributed by atoms with Gasteiger partial charge in [-0.15, -0.1) is 0 Å². The molecule has 1 atom stereocenters. The minimum absolute atomic E-state index is 0.0755. The van der Waals surface area contributed by atoms with E-state index in [1.54, 1.807) is 13.0 Å². The Bertz CT molecular complexity index is 463. The standard InChI is InChI=1S/C10H17N3O3S/c1-8-5-10(13-16-8)6-12-17(14,15)7-9-3-2-4-11-9/h5,9,11-12H,2-4,6-7H2,1H3. The minimum Gasteiger partial charge on any atom is -0.361 e. The molecule has 17 heavy (non-hydrogen) atoms. The van der Waals surface area contributed by atoms with Gasteiger partial charge in [0.2, 0.25) is 10.0 Å². The van der Waals surface area contributed by atoms with Crippen LogP contribution in [-0.2, 0) is 16.6 Å². The van der Waals surface area contributed by atoms with Gasteiger partial charge in [-0.1, -0.05) is 5.16 Å². The van der Waals surface area contributed by atoms with Crippen molar-refractivity contribution in [2.45, 2.75) is 32.4 Å². The Morgan fingerprint density at radius 3 is 3.06 bits per heavy atom. The molecule has 1 aromatic heterocycles. The SMILES string of the molecule is Cc1cc(CNS(=O)(=O)CC2CCCN2)no1. The molecule has 1 aliphatic heterocycles. The van der Waals surface area contributed by atoms with E-state index < -0.39 is 10.0 Å². The van der Waals surface area contributed by atoms with E-state index in [1.807, 2.05) is 0 Å². The highest BCUT2D eigenvalue weighted by Gasteiger charge is 2.21. The van der Waals surface area contributed by atoms with Crippen molar-refractivity contribution in [2.24, 2.45) is 0 Å². The molecule has 0 radical (unpaired) electrons. The van der Waals surface area contributed by atoms with Crippen molar-refractivity contribution in [3.63, 3.8) is 0 Å². The molecule has 0 amide bonds. The van der Waals surface area contributed by atoms with Crippen LogP contribution in [0, 0.1) is 6.92 Å². The highest BCUT2D eigenvalue weighted by molar-refractivity contribution is 7.89. The number of rotatable bonds is 5. The number of nitrogens with one attached hydrogen (secondary N) is 2. The maximum atomic E-state index is 11.8. The Labute approximate surface area is 101 Å². The minimum atomic E-state index is -3.25. The second kappa shape index (κ2) is 5.16. The highest BCUT2D eigenvalue weighted by Crippen LogP contribution is 2.07. The number of aryl methyl sites for hydroxylation is 1. The largest absolute Gasteiger partial charge is 0.361 e. The Hall–Kier alpha value is -0.920. The van der Waals surface area contributed by atoms with Crippen LogP contribution in [0.25, 0.3) is 0 Å². The van der Waals surface area contributed by atoms with Gasteiger partial charge >= 0.3 is 0 Å². The maximum Gasteiger partial charge on any atom is 0.213 e. The van der Waals surface area contributed by atoms with Crippen molar-refractivity contribution in [3.8, 4) is 0 Å². The van der Waals surface area contributed by atoms with E-state index >= 15 is 0 Å².